The molecule has 12 rings (SSSR count). The van der Waals surface area contributed by atoms with Gasteiger partial charge in [0.1, 0.15) is 0 Å². The summed E-state index contributed by atoms with van der Waals surface area (Å²) in [7, 11) is -17.4. The molecular weight excluding hydrogens is 1050 g/mol. The van der Waals surface area contributed by atoms with Crippen molar-refractivity contribution >= 4 is 17.3 Å². The molecule has 12 nitrogen and oxygen atoms in total. The molecule has 0 saturated carbocycles. The van der Waals surface area contributed by atoms with Crippen LogP contribution in [0.3, 0.4) is 0 Å². The van der Waals surface area contributed by atoms with Crippen LogP contribution in [0.15, 0.2) is 127 Å². The van der Waals surface area contributed by atoms with Crippen molar-refractivity contribution in [3.63, 3.8) is 0 Å². The maximum atomic E-state index is 13.4. The predicted octanol–water partition coefficient (Wildman–Crippen LogP) is 13.1. The van der Waals surface area contributed by atoms with Crippen LogP contribution in [0.2, 0.25) is 0 Å². The zero-order valence-corrected chi connectivity index (χ0v) is 46.4. The molecule has 3 atom stereocenters. The maximum Gasteiger partial charge on any atom is 0.166 e. The summed E-state index contributed by atoms with van der Waals surface area (Å²) < 4.78 is 250. The third-order valence-electron chi connectivity index (χ3n) is 16.5. The Morgan fingerprint density at radius 1 is 0.417 bits per heavy atom. The van der Waals surface area contributed by atoms with Crippen molar-refractivity contribution in [2.24, 2.45) is 35.5 Å². The first-order valence-corrected chi connectivity index (χ1v) is 28.4. The number of carbonyl (C=O) groups excluding carboxylic acids is 3. The summed E-state index contributed by atoms with van der Waals surface area (Å²) in [6, 6.07) is 34.7. The van der Waals surface area contributed by atoms with Crippen LogP contribution in [0.25, 0.3) is 0 Å². The van der Waals surface area contributed by atoms with Gasteiger partial charge >= 0.3 is 0 Å². The number of benzene rings is 6. The number of methoxy groups -OCH3 is 6. The quantitative estimate of drug-likeness (QED) is 0.0816. The molecule has 0 aromatic heterocycles. The number of ketones is 3. The number of carbonyl (C=O) groups is 3. The summed E-state index contributed by atoms with van der Waals surface area (Å²) in [4.78, 5) is 45.7. The van der Waals surface area contributed by atoms with E-state index in [9.17, 15) is 14.4 Å². The second-order valence-electron chi connectivity index (χ2n) is 21.9. The first-order chi connectivity index (χ1) is 51.7. The summed E-state index contributed by atoms with van der Waals surface area (Å²) in [6.07, 6.45) is -2.51. The molecular formula is C72H87N3O9. The number of likely N-dealkylation sites (tertiary alicyclic amines) is 3. The number of nitrogens with zero attached hydrogens (tertiary/aromatic N) is 3. The van der Waals surface area contributed by atoms with Gasteiger partial charge in [0.05, 0.1) is 66.9 Å². The third kappa shape index (κ3) is 14.7. The lowest BCUT2D eigenvalue weighted by atomic mass is 9.85. The summed E-state index contributed by atoms with van der Waals surface area (Å²) in [5.74, 6) is -7.83. The van der Waals surface area contributed by atoms with Gasteiger partial charge in [-0.05, 0) is 204 Å². The molecule has 444 valence electrons. The Balaban J connectivity index is 0.000000178. The minimum Gasteiger partial charge on any atom is -0.493 e. The summed E-state index contributed by atoms with van der Waals surface area (Å²) >= 11 is 0. The number of Topliss-reactive ketones (excluding diaryl/α,β-unsaturated/α-hetero) is 3. The van der Waals surface area contributed by atoms with Gasteiger partial charge in [0.15, 0.2) is 51.8 Å². The molecule has 6 aromatic carbocycles. The number of hydrogen-bond donors (Lipinski definition) is 0. The predicted molar refractivity (Wildman–Crippen MR) is 330 cm³/mol. The molecule has 0 bridgehead atoms. The van der Waals surface area contributed by atoms with Crippen LogP contribution in [0.5, 0.6) is 34.5 Å². The van der Waals surface area contributed by atoms with Crippen LogP contribution in [0.4, 0.5) is 0 Å². The number of fused-ring (bicyclic) bond motifs is 3. The second kappa shape index (κ2) is 28.7. The molecule has 6 aromatic rings. The topological polar surface area (TPSA) is 116 Å². The van der Waals surface area contributed by atoms with Crippen LogP contribution >= 0.6 is 0 Å². The fraction of sp³-hybridized carbons (Fsp3) is 0.458. The summed E-state index contributed by atoms with van der Waals surface area (Å²) in [6.45, 7) is 0.381. The van der Waals surface area contributed by atoms with Crippen molar-refractivity contribution < 1.29 is 81.2 Å². The van der Waals surface area contributed by atoms with E-state index in [0.717, 1.165) is 37.8 Å². The third-order valence-corrected chi connectivity index (χ3v) is 16.5. The first kappa shape index (κ1) is 34.2. The summed E-state index contributed by atoms with van der Waals surface area (Å²) in [5, 5.41) is 0. The molecule has 3 saturated heterocycles. The smallest absolute Gasteiger partial charge is 0.166 e. The summed E-state index contributed by atoms with van der Waals surface area (Å²) in [5.41, 5.74) is 3.15. The molecule has 3 fully saturated rings. The lowest BCUT2D eigenvalue weighted by Crippen LogP contribution is -2.34. The van der Waals surface area contributed by atoms with Crippen molar-refractivity contribution in [1.29, 1.82) is 0 Å². The lowest BCUT2D eigenvalue weighted by Gasteiger charge is -2.32. The van der Waals surface area contributed by atoms with Crippen molar-refractivity contribution in [1.82, 2.24) is 14.7 Å². The number of hydrogen-bond acceptors (Lipinski definition) is 12. The van der Waals surface area contributed by atoms with Crippen molar-refractivity contribution in [2.75, 3.05) is 81.5 Å². The lowest BCUT2D eigenvalue weighted by molar-refractivity contribution is 0.0889. The minimum atomic E-state index is -2.95. The van der Waals surface area contributed by atoms with Crippen molar-refractivity contribution in [3.8, 4) is 34.5 Å². The van der Waals surface area contributed by atoms with E-state index in [1.165, 1.54) is 23.8 Å². The Morgan fingerprint density at radius 2 is 0.750 bits per heavy atom. The van der Waals surface area contributed by atoms with Crippen LogP contribution in [-0.4, -0.2) is 114 Å². The molecule has 0 N–H and O–H groups in total. The van der Waals surface area contributed by atoms with Crippen molar-refractivity contribution in [2.45, 2.75) is 96.4 Å². The average molecular weight is 1170 g/mol. The highest BCUT2D eigenvalue weighted by Crippen LogP contribution is 2.43. The fourth-order valence-electron chi connectivity index (χ4n) is 12.1. The van der Waals surface area contributed by atoms with Crippen molar-refractivity contribution in [3.05, 3.63) is 177 Å². The molecule has 3 aliphatic carbocycles. The van der Waals surface area contributed by atoms with E-state index < -0.39 is 133 Å². The standard InChI is InChI=1S/3C24H29NO3/c3*1-27-22-14-19-13-20(24(26)21(19)15-23(22)28-2)12-17-8-10-25(11-9-17)16-18-6-4-3-5-7-18/h3*3-7,14-15,17,20H,8-13,16H2,1-2H3/i1D3,2D3,13D2,16D2;1D3,2D3,12D2,16D2;1D3,2D3,12D2. The molecule has 3 aliphatic heterocycles. The molecule has 12 heteroatoms. The molecule has 6 aliphatic rings. The van der Waals surface area contributed by atoms with E-state index in [1.807, 2.05) is 30.3 Å². The van der Waals surface area contributed by atoms with Gasteiger partial charge < -0.3 is 28.4 Å². The number of rotatable bonds is 18. The molecule has 0 radical (unpaired) electrons. The zero-order chi connectivity index (χ0) is 82.5. The van der Waals surface area contributed by atoms with E-state index >= 15 is 0 Å². The fourth-order valence-corrected chi connectivity index (χ4v) is 12.1. The highest BCUT2D eigenvalue weighted by Gasteiger charge is 2.38. The van der Waals surface area contributed by atoms with E-state index in [2.05, 4.69) is 17.0 Å². The second-order valence-corrected chi connectivity index (χ2v) is 21.9. The monoisotopic (exact) mass is 1170 g/mol. The molecule has 3 heterocycles. The first-order valence-electron chi connectivity index (χ1n) is 42.4. The van der Waals surface area contributed by atoms with Gasteiger partial charge in [-0.3, -0.25) is 29.1 Å². The zero-order valence-electron chi connectivity index (χ0n) is 74.4. The normalized spacial score (nSPS) is 27.3. The van der Waals surface area contributed by atoms with Gasteiger partial charge in [-0.15, -0.1) is 0 Å². The molecule has 84 heavy (non-hydrogen) atoms. The van der Waals surface area contributed by atoms with E-state index in [-0.39, 0.29) is 70.6 Å². The average Bonchev–Trinajstić information content (AvgIpc) is 1.57. The van der Waals surface area contributed by atoms with Crippen LogP contribution in [0.1, 0.15) is 161 Å². The van der Waals surface area contributed by atoms with Gasteiger partial charge in [-0.25, -0.2) is 0 Å². The van der Waals surface area contributed by atoms with E-state index in [0.29, 0.717) is 87.0 Å². The maximum absolute atomic E-state index is 13.4. The van der Waals surface area contributed by atoms with Gasteiger partial charge in [0.25, 0.3) is 0 Å². The Labute approximate surface area is 538 Å². The van der Waals surface area contributed by atoms with Gasteiger partial charge in [-0.2, -0.15) is 0 Å². The molecule has 3 unspecified atom stereocenters. The highest BCUT2D eigenvalue weighted by atomic mass is 16.5. The van der Waals surface area contributed by atoms with Crippen LogP contribution in [-0.2, 0) is 38.8 Å². The Hall–Kier alpha value is -6.99. The highest BCUT2D eigenvalue weighted by molar-refractivity contribution is 6.04. The van der Waals surface area contributed by atoms with E-state index in [4.69, 9.17) is 66.8 Å². The Morgan fingerprint density at radius 3 is 1.15 bits per heavy atom. The van der Waals surface area contributed by atoms with E-state index in [1.54, 1.807) is 58.3 Å². The molecule has 0 spiro atoms. The van der Waals surface area contributed by atoms with Gasteiger partial charge in [-0.1, -0.05) is 91.0 Å². The number of piperidine rings is 3. The number of ether oxygens (including phenoxy) is 6. The van der Waals surface area contributed by atoms with Crippen LogP contribution in [0, 0.1) is 35.5 Å². The minimum absolute atomic E-state index is 0.00235. The molecule has 0 amide bonds. The van der Waals surface area contributed by atoms with Gasteiger partial charge in [0.2, 0.25) is 0 Å². The largest absolute Gasteiger partial charge is 0.493 e. The SMILES string of the molecule is [2H]C([2H])([2H])Oc1cc2c(cc1OC([2H])([2H])[2H])C(=O)C(C([2H])([2H])C1CCN(C([2H])([2H])c3ccccc3)CC1)C2.[2H]C([2H])([2H])Oc1cc2c(cc1OC([2H])([2H])[2H])C(=O)C(C([2H])([2H])C1CCN(Cc3ccccc3)CC1)C2.[2H]C([2H])([2H])Oc1cc2c(cc1OC([2H])([2H])[2H])C([2H])([2H])C(CC1CCN(C([2H])([2H])c3ccccc3)CC1)C2=O. The van der Waals surface area contributed by atoms with Crippen LogP contribution < -0.4 is 28.4 Å². The van der Waals surface area contributed by atoms with Gasteiger partial charge in [0, 0.05) is 67.7 Å². The Bertz CT molecular complexity index is 4300. The Kier molecular flexibility index (Phi) is 11.7.